The van der Waals surface area contributed by atoms with E-state index >= 15 is 0 Å². The van der Waals surface area contributed by atoms with Crippen molar-refractivity contribution in [3.63, 3.8) is 0 Å². The molecule has 0 radical (unpaired) electrons. The Morgan fingerprint density at radius 3 is 2.71 bits per heavy atom. The third-order valence-corrected chi connectivity index (χ3v) is 5.83. The summed E-state index contributed by atoms with van der Waals surface area (Å²) in [6.07, 6.45) is 7.57. The summed E-state index contributed by atoms with van der Waals surface area (Å²) < 4.78 is 5.44. The quantitative estimate of drug-likeness (QED) is 0.877. The second-order valence-corrected chi connectivity index (χ2v) is 7.37. The minimum absolute atomic E-state index is 0. The average molecular weight is 351 g/mol. The molecule has 2 heterocycles. The fourth-order valence-electron chi connectivity index (χ4n) is 4.82. The van der Waals surface area contributed by atoms with Crippen LogP contribution < -0.4 is 15.4 Å². The fraction of sp³-hybridized carbons (Fsp3) is 0.632. The van der Waals surface area contributed by atoms with Crippen molar-refractivity contribution < 1.29 is 9.53 Å². The smallest absolute Gasteiger partial charge is 0.220 e. The molecule has 3 unspecified atom stereocenters. The molecule has 4 nitrogen and oxygen atoms in total. The molecular weight excluding hydrogens is 324 g/mol. The molecular formula is C19H27ClN2O2. The van der Waals surface area contributed by atoms with E-state index in [2.05, 4.69) is 16.7 Å². The molecule has 1 amide bonds. The van der Waals surface area contributed by atoms with E-state index in [4.69, 9.17) is 4.74 Å². The Morgan fingerprint density at radius 2 is 2.00 bits per heavy atom. The summed E-state index contributed by atoms with van der Waals surface area (Å²) in [5.74, 6) is 1.73. The maximum Gasteiger partial charge on any atom is 0.220 e. The molecule has 4 rings (SSSR count). The van der Waals surface area contributed by atoms with Crippen LogP contribution in [0.15, 0.2) is 18.2 Å². The van der Waals surface area contributed by atoms with Gasteiger partial charge < -0.3 is 15.4 Å². The third-order valence-electron chi connectivity index (χ3n) is 5.83. The van der Waals surface area contributed by atoms with E-state index in [0.717, 1.165) is 18.6 Å². The first-order valence-electron chi connectivity index (χ1n) is 8.94. The SMILES string of the molecule is COc1cccc2c1CCC2NC(=O)CC1CC2CCC(C1)N2.Cl. The number of amides is 1. The highest BCUT2D eigenvalue weighted by atomic mass is 35.5. The number of hydrogen-bond acceptors (Lipinski definition) is 3. The molecule has 0 spiro atoms. The van der Waals surface area contributed by atoms with Gasteiger partial charge in [-0.1, -0.05) is 12.1 Å². The van der Waals surface area contributed by atoms with Gasteiger partial charge in [-0.25, -0.2) is 0 Å². The fourth-order valence-corrected chi connectivity index (χ4v) is 4.82. The van der Waals surface area contributed by atoms with Gasteiger partial charge in [0, 0.05) is 18.5 Å². The van der Waals surface area contributed by atoms with Crippen molar-refractivity contribution in [1.82, 2.24) is 10.6 Å². The molecule has 24 heavy (non-hydrogen) atoms. The molecule has 0 saturated carbocycles. The van der Waals surface area contributed by atoms with Crippen LogP contribution in [0.5, 0.6) is 5.75 Å². The number of benzene rings is 1. The number of rotatable bonds is 4. The predicted molar refractivity (Wildman–Crippen MR) is 96.7 cm³/mol. The van der Waals surface area contributed by atoms with Gasteiger partial charge in [-0.2, -0.15) is 0 Å². The highest BCUT2D eigenvalue weighted by Crippen LogP contribution is 2.37. The van der Waals surface area contributed by atoms with Crippen LogP contribution in [-0.2, 0) is 11.2 Å². The highest BCUT2D eigenvalue weighted by Gasteiger charge is 2.34. The van der Waals surface area contributed by atoms with Gasteiger partial charge in [-0.15, -0.1) is 12.4 Å². The van der Waals surface area contributed by atoms with Gasteiger partial charge in [0.1, 0.15) is 5.75 Å². The standard InChI is InChI=1S/C19H26N2O2.ClH/c1-23-18-4-2-3-15-16(18)7-8-17(15)21-19(22)11-12-9-13-5-6-14(10-12)20-13;/h2-4,12-14,17,20H,5-11H2,1H3,(H,21,22);1H. The minimum Gasteiger partial charge on any atom is -0.496 e. The summed E-state index contributed by atoms with van der Waals surface area (Å²) >= 11 is 0. The van der Waals surface area contributed by atoms with Crippen LogP contribution in [0, 0.1) is 5.92 Å². The summed E-state index contributed by atoms with van der Waals surface area (Å²) in [6.45, 7) is 0. The zero-order valence-corrected chi connectivity index (χ0v) is 15.0. The van der Waals surface area contributed by atoms with E-state index in [1.165, 1.54) is 36.8 Å². The molecule has 2 N–H and O–H groups in total. The Kier molecular flexibility index (Phi) is 5.36. The Hall–Kier alpha value is -1.26. The van der Waals surface area contributed by atoms with E-state index in [-0.39, 0.29) is 24.4 Å². The number of hydrogen-bond donors (Lipinski definition) is 2. The zero-order valence-electron chi connectivity index (χ0n) is 14.2. The number of carbonyl (C=O) groups is 1. The first-order chi connectivity index (χ1) is 11.2. The van der Waals surface area contributed by atoms with Gasteiger partial charge >= 0.3 is 0 Å². The number of methoxy groups -OCH3 is 1. The van der Waals surface area contributed by atoms with Crippen molar-refractivity contribution in [3.05, 3.63) is 29.3 Å². The maximum atomic E-state index is 12.5. The van der Waals surface area contributed by atoms with Crippen molar-refractivity contribution in [2.24, 2.45) is 5.92 Å². The van der Waals surface area contributed by atoms with Gasteiger partial charge in [0.05, 0.1) is 13.2 Å². The Bertz CT molecular complexity index is 595. The topological polar surface area (TPSA) is 50.4 Å². The summed E-state index contributed by atoms with van der Waals surface area (Å²) in [5.41, 5.74) is 2.50. The molecule has 1 aliphatic carbocycles. The lowest BCUT2D eigenvalue weighted by Gasteiger charge is -2.29. The molecule has 2 saturated heterocycles. The van der Waals surface area contributed by atoms with Crippen LogP contribution in [0.1, 0.15) is 55.7 Å². The van der Waals surface area contributed by atoms with Crippen molar-refractivity contribution in [3.8, 4) is 5.75 Å². The highest BCUT2D eigenvalue weighted by molar-refractivity contribution is 5.85. The van der Waals surface area contributed by atoms with Gasteiger partial charge in [0.15, 0.2) is 0 Å². The number of nitrogens with one attached hydrogen (secondary N) is 2. The van der Waals surface area contributed by atoms with Crippen molar-refractivity contribution in [2.75, 3.05) is 7.11 Å². The molecule has 2 fully saturated rings. The van der Waals surface area contributed by atoms with Gasteiger partial charge in [0.2, 0.25) is 5.91 Å². The molecule has 1 aromatic rings. The van der Waals surface area contributed by atoms with Crippen molar-refractivity contribution >= 4 is 18.3 Å². The molecule has 3 aliphatic rings. The summed E-state index contributed by atoms with van der Waals surface area (Å²) in [4.78, 5) is 12.5. The third kappa shape index (κ3) is 3.40. The van der Waals surface area contributed by atoms with Crippen LogP contribution in [0.2, 0.25) is 0 Å². The van der Waals surface area contributed by atoms with Crippen molar-refractivity contribution in [2.45, 2.75) is 63.1 Å². The number of halogens is 1. The summed E-state index contributed by atoms with van der Waals surface area (Å²) in [5, 5.41) is 6.92. The molecule has 2 aliphatic heterocycles. The molecule has 2 bridgehead atoms. The maximum absolute atomic E-state index is 12.5. The van der Waals surface area contributed by atoms with E-state index in [1.807, 2.05) is 12.1 Å². The summed E-state index contributed by atoms with van der Waals surface area (Å²) in [7, 11) is 1.72. The normalized spacial score (nSPS) is 30.4. The lowest BCUT2D eigenvalue weighted by molar-refractivity contribution is -0.123. The Labute approximate surface area is 150 Å². The van der Waals surface area contributed by atoms with Crippen LogP contribution >= 0.6 is 12.4 Å². The first-order valence-corrected chi connectivity index (χ1v) is 8.94. The Morgan fingerprint density at radius 1 is 1.25 bits per heavy atom. The Balaban J connectivity index is 0.00000169. The second-order valence-electron chi connectivity index (χ2n) is 7.37. The lowest BCUT2D eigenvalue weighted by atomic mass is 9.89. The number of piperidine rings is 1. The minimum atomic E-state index is 0. The van der Waals surface area contributed by atoms with Crippen molar-refractivity contribution in [1.29, 1.82) is 0 Å². The van der Waals surface area contributed by atoms with Crippen LogP contribution in [0.25, 0.3) is 0 Å². The lowest BCUT2D eigenvalue weighted by Crippen LogP contribution is -2.40. The van der Waals surface area contributed by atoms with Crippen LogP contribution in [0.4, 0.5) is 0 Å². The van der Waals surface area contributed by atoms with Gasteiger partial charge in [0.25, 0.3) is 0 Å². The van der Waals surface area contributed by atoms with E-state index < -0.39 is 0 Å². The number of fused-ring (bicyclic) bond motifs is 3. The van der Waals surface area contributed by atoms with Crippen LogP contribution in [-0.4, -0.2) is 25.1 Å². The van der Waals surface area contributed by atoms with E-state index in [0.29, 0.717) is 24.4 Å². The van der Waals surface area contributed by atoms with E-state index in [9.17, 15) is 4.79 Å². The average Bonchev–Trinajstić information content (AvgIpc) is 3.10. The molecule has 5 heteroatoms. The summed E-state index contributed by atoms with van der Waals surface area (Å²) in [6, 6.07) is 7.62. The molecule has 3 atom stereocenters. The monoisotopic (exact) mass is 350 g/mol. The first kappa shape index (κ1) is 17.6. The zero-order chi connectivity index (χ0) is 15.8. The number of carbonyl (C=O) groups excluding carboxylic acids is 1. The molecule has 0 aromatic heterocycles. The number of ether oxygens (including phenoxy) is 1. The van der Waals surface area contributed by atoms with Gasteiger partial charge in [-0.05, 0) is 61.6 Å². The second kappa shape index (κ2) is 7.32. The molecule has 1 aromatic carbocycles. The predicted octanol–water partition coefficient (Wildman–Crippen LogP) is 3.14. The van der Waals surface area contributed by atoms with E-state index in [1.54, 1.807) is 7.11 Å². The van der Waals surface area contributed by atoms with Gasteiger partial charge in [-0.3, -0.25) is 4.79 Å². The molecule has 132 valence electrons. The van der Waals surface area contributed by atoms with Crippen LogP contribution in [0.3, 0.4) is 0 Å². The largest absolute Gasteiger partial charge is 0.496 e.